The van der Waals surface area contributed by atoms with Crippen molar-refractivity contribution >= 4 is 32.5 Å². The maximum atomic E-state index is 13.1. The molecule has 4 aromatic rings. The number of nitrogens with zero attached hydrogens (tertiary/aromatic N) is 5. The molecule has 30 heavy (non-hydrogen) atoms. The molecule has 0 bridgehead atoms. The number of hydrogen-bond acceptors (Lipinski definition) is 7. The fraction of sp³-hybridized carbons (Fsp3) is 0.429. The SMILES string of the molecule is CCC[C@H](O)c1cc(C)c(-c2cc3nc(NC[C@@H]4C[C@@H]4F)sc3n3ncnc23)cn1. The number of aromatic nitrogens is 5. The molecule has 0 radical (unpaired) electrons. The predicted octanol–water partition coefficient (Wildman–Crippen LogP) is 4.31. The Bertz CT molecular complexity index is 1220. The van der Waals surface area contributed by atoms with Crippen LogP contribution in [0.4, 0.5) is 9.52 Å². The predicted molar refractivity (Wildman–Crippen MR) is 115 cm³/mol. The third kappa shape index (κ3) is 3.41. The monoisotopic (exact) mass is 426 g/mol. The number of nitrogens with one attached hydrogen (secondary N) is 1. The van der Waals surface area contributed by atoms with Gasteiger partial charge in [0, 0.05) is 29.8 Å². The number of aryl methyl sites for hydroxylation is 1. The van der Waals surface area contributed by atoms with E-state index in [9.17, 15) is 9.50 Å². The lowest BCUT2D eigenvalue weighted by atomic mass is 10.0. The van der Waals surface area contributed by atoms with E-state index in [1.165, 1.54) is 17.7 Å². The summed E-state index contributed by atoms with van der Waals surface area (Å²) in [6, 6.07) is 3.94. The van der Waals surface area contributed by atoms with Crippen LogP contribution >= 0.6 is 11.3 Å². The van der Waals surface area contributed by atoms with E-state index in [1.807, 2.05) is 26.0 Å². The highest BCUT2D eigenvalue weighted by Gasteiger charge is 2.37. The molecule has 1 saturated carbocycles. The normalized spacial score (nSPS) is 19.5. The van der Waals surface area contributed by atoms with Crippen LogP contribution in [-0.2, 0) is 0 Å². The van der Waals surface area contributed by atoms with Gasteiger partial charge in [0.2, 0.25) is 0 Å². The minimum atomic E-state index is -0.685. The molecule has 7 nitrogen and oxygen atoms in total. The summed E-state index contributed by atoms with van der Waals surface area (Å²) in [5.74, 6) is 0.0919. The average Bonchev–Trinajstić information content (AvgIpc) is 3.10. The third-order valence-electron chi connectivity index (χ3n) is 5.57. The second kappa shape index (κ2) is 7.55. The van der Waals surface area contributed by atoms with Crippen molar-refractivity contribution in [3.8, 4) is 11.1 Å². The lowest BCUT2D eigenvalue weighted by Crippen LogP contribution is -2.04. The Kier molecular flexibility index (Phi) is 4.86. The molecule has 1 aliphatic rings. The molecule has 156 valence electrons. The number of alkyl halides is 1. The Morgan fingerprint density at radius 1 is 1.33 bits per heavy atom. The lowest BCUT2D eigenvalue weighted by Gasteiger charge is -2.12. The van der Waals surface area contributed by atoms with Gasteiger partial charge in [-0.25, -0.2) is 18.9 Å². The standard InChI is InChI=1S/C21H23FN6OS/c1-3-4-18(29)16-5-11(2)14(9-23-16)13-7-17-20(28-19(13)25-10-26-28)30-21(27-17)24-8-12-6-15(12)22/h5,7,9-10,12,15,18,29H,3-4,6,8H2,1-2H3,(H,24,27)/t12-,15-,18-/m0/s1. The van der Waals surface area contributed by atoms with Crippen molar-refractivity contribution in [1.29, 1.82) is 0 Å². The molecule has 4 heterocycles. The van der Waals surface area contributed by atoms with Crippen LogP contribution in [0.15, 0.2) is 24.7 Å². The topological polar surface area (TPSA) is 88.2 Å². The summed E-state index contributed by atoms with van der Waals surface area (Å²) < 4.78 is 14.9. The Morgan fingerprint density at radius 3 is 2.90 bits per heavy atom. The minimum absolute atomic E-state index is 0.0919. The number of aliphatic hydroxyl groups excluding tert-OH is 1. The molecule has 0 aromatic carbocycles. The molecule has 5 rings (SSSR count). The first-order valence-corrected chi connectivity index (χ1v) is 11.0. The van der Waals surface area contributed by atoms with Gasteiger partial charge in [0.25, 0.3) is 0 Å². The van der Waals surface area contributed by atoms with Crippen molar-refractivity contribution in [2.24, 2.45) is 5.92 Å². The first-order chi connectivity index (χ1) is 14.5. The van der Waals surface area contributed by atoms with Gasteiger partial charge in [-0.05, 0) is 37.5 Å². The molecule has 2 N–H and O–H groups in total. The van der Waals surface area contributed by atoms with E-state index >= 15 is 0 Å². The van der Waals surface area contributed by atoms with Crippen LogP contribution in [0.2, 0.25) is 0 Å². The van der Waals surface area contributed by atoms with Gasteiger partial charge < -0.3 is 10.4 Å². The van der Waals surface area contributed by atoms with E-state index in [4.69, 9.17) is 0 Å². The molecule has 4 aromatic heterocycles. The van der Waals surface area contributed by atoms with Gasteiger partial charge in [-0.2, -0.15) is 5.10 Å². The largest absolute Gasteiger partial charge is 0.387 e. The highest BCUT2D eigenvalue weighted by Crippen LogP contribution is 2.36. The van der Waals surface area contributed by atoms with Gasteiger partial charge in [-0.1, -0.05) is 24.7 Å². The second-order valence-electron chi connectivity index (χ2n) is 7.88. The van der Waals surface area contributed by atoms with Crippen LogP contribution < -0.4 is 5.32 Å². The van der Waals surface area contributed by atoms with Crippen molar-refractivity contribution in [1.82, 2.24) is 24.6 Å². The maximum Gasteiger partial charge on any atom is 0.185 e. The van der Waals surface area contributed by atoms with Crippen molar-refractivity contribution in [2.45, 2.75) is 45.4 Å². The lowest BCUT2D eigenvalue weighted by molar-refractivity contribution is 0.161. The molecule has 0 spiro atoms. The molecule has 0 unspecified atom stereocenters. The molecule has 3 atom stereocenters. The number of rotatable bonds is 7. The number of pyridine rings is 2. The molecule has 1 aliphatic carbocycles. The van der Waals surface area contributed by atoms with Crippen LogP contribution in [0.5, 0.6) is 0 Å². The maximum absolute atomic E-state index is 13.1. The Balaban J connectivity index is 1.54. The molecule has 0 amide bonds. The van der Waals surface area contributed by atoms with Gasteiger partial charge in [-0.3, -0.25) is 4.98 Å². The van der Waals surface area contributed by atoms with Crippen LogP contribution in [0, 0.1) is 12.8 Å². The summed E-state index contributed by atoms with van der Waals surface area (Å²) in [4.78, 5) is 14.5. The number of fused-ring (bicyclic) bond motifs is 3. The van der Waals surface area contributed by atoms with Gasteiger partial charge in [0.15, 0.2) is 10.8 Å². The molecule has 0 saturated heterocycles. The molecule has 9 heteroatoms. The van der Waals surface area contributed by atoms with Crippen molar-refractivity contribution in [2.75, 3.05) is 11.9 Å². The summed E-state index contributed by atoms with van der Waals surface area (Å²) in [6.07, 6.45) is 4.30. The fourth-order valence-electron chi connectivity index (χ4n) is 3.72. The van der Waals surface area contributed by atoms with Crippen molar-refractivity contribution < 1.29 is 9.50 Å². The van der Waals surface area contributed by atoms with E-state index in [-0.39, 0.29) is 5.92 Å². The van der Waals surface area contributed by atoms with Crippen molar-refractivity contribution in [3.05, 3.63) is 35.9 Å². The zero-order valence-corrected chi connectivity index (χ0v) is 17.7. The highest BCUT2D eigenvalue weighted by molar-refractivity contribution is 7.21. The van der Waals surface area contributed by atoms with Crippen LogP contribution in [0.1, 0.15) is 43.5 Å². The van der Waals surface area contributed by atoms with E-state index in [2.05, 4.69) is 25.4 Å². The average molecular weight is 427 g/mol. The Labute approximate surface area is 177 Å². The van der Waals surface area contributed by atoms with Gasteiger partial charge in [0.1, 0.15) is 22.8 Å². The van der Waals surface area contributed by atoms with Gasteiger partial charge in [0.05, 0.1) is 11.8 Å². The summed E-state index contributed by atoms with van der Waals surface area (Å²) in [6.45, 7) is 4.64. The van der Waals surface area contributed by atoms with Gasteiger partial charge >= 0.3 is 0 Å². The summed E-state index contributed by atoms with van der Waals surface area (Å²) in [7, 11) is 0. The fourth-order valence-corrected chi connectivity index (χ4v) is 4.63. The van der Waals surface area contributed by atoms with E-state index < -0.39 is 12.3 Å². The zero-order valence-electron chi connectivity index (χ0n) is 16.8. The molecule has 0 aliphatic heterocycles. The summed E-state index contributed by atoms with van der Waals surface area (Å²) >= 11 is 1.49. The number of halogens is 1. The number of hydrogen-bond donors (Lipinski definition) is 2. The quantitative estimate of drug-likeness (QED) is 0.458. The number of aliphatic hydroxyl groups is 1. The molecular weight excluding hydrogens is 403 g/mol. The van der Waals surface area contributed by atoms with Crippen LogP contribution in [0.25, 0.3) is 27.1 Å². The van der Waals surface area contributed by atoms with Crippen molar-refractivity contribution in [3.63, 3.8) is 0 Å². The highest BCUT2D eigenvalue weighted by atomic mass is 32.1. The van der Waals surface area contributed by atoms with E-state index in [0.29, 0.717) is 25.1 Å². The van der Waals surface area contributed by atoms with Crippen LogP contribution in [0.3, 0.4) is 0 Å². The first-order valence-electron chi connectivity index (χ1n) is 10.2. The summed E-state index contributed by atoms with van der Waals surface area (Å²) in [5.41, 5.74) is 5.05. The first kappa shape index (κ1) is 19.3. The number of thiazole rings is 1. The minimum Gasteiger partial charge on any atom is -0.387 e. The summed E-state index contributed by atoms with van der Waals surface area (Å²) in [5, 5.41) is 18.7. The Hall–Kier alpha value is -2.65. The number of anilines is 1. The molecule has 1 fully saturated rings. The van der Waals surface area contributed by atoms with E-state index in [1.54, 1.807) is 10.7 Å². The zero-order chi connectivity index (χ0) is 20.8. The second-order valence-corrected chi connectivity index (χ2v) is 8.86. The molecular formula is C21H23FN6OS. The van der Waals surface area contributed by atoms with Gasteiger partial charge in [-0.15, -0.1) is 0 Å². The third-order valence-corrected chi connectivity index (χ3v) is 6.58. The smallest absolute Gasteiger partial charge is 0.185 e. The van der Waals surface area contributed by atoms with Crippen LogP contribution in [-0.4, -0.2) is 42.4 Å². The Morgan fingerprint density at radius 2 is 2.17 bits per heavy atom. The van der Waals surface area contributed by atoms with E-state index in [0.717, 1.165) is 44.2 Å².